The molecule has 0 saturated carbocycles. The molecule has 0 radical (unpaired) electrons. The summed E-state index contributed by atoms with van der Waals surface area (Å²) in [4.78, 5) is 11.2. The lowest BCUT2D eigenvalue weighted by atomic mass is 9.67. The highest BCUT2D eigenvalue weighted by molar-refractivity contribution is 5.94. The molecule has 0 bridgehead atoms. The SMILES string of the molecule is CC1=CCC(C(C)(C)c2cccc(C(=O)O)c2N)CC1. The quantitative estimate of drug-likeness (QED) is 0.646. The summed E-state index contributed by atoms with van der Waals surface area (Å²) in [5.74, 6) is -0.461. The van der Waals surface area contributed by atoms with Crippen LogP contribution in [-0.4, -0.2) is 11.1 Å². The van der Waals surface area contributed by atoms with Crippen molar-refractivity contribution in [3.05, 3.63) is 41.0 Å². The maximum absolute atomic E-state index is 11.2. The zero-order valence-corrected chi connectivity index (χ0v) is 12.4. The summed E-state index contributed by atoms with van der Waals surface area (Å²) in [6, 6.07) is 5.33. The third-order valence-electron chi connectivity index (χ3n) is 4.69. The van der Waals surface area contributed by atoms with Gasteiger partial charge in [-0.1, -0.05) is 37.6 Å². The van der Waals surface area contributed by atoms with Gasteiger partial charge in [-0.15, -0.1) is 0 Å². The van der Waals surface area contributed by atoms with Crippen molar-refractivity contribution in [2.75, 3.05) is 5.73 Å². The lowest BCUT2D eigenvalue weighted by Crippen LogP contribution is -2.31. The number of carboxylic acids is 1. The van der Waals surface area contributed by atoms with Gasteiger partial charge in [-0.2, -0.15) is 0 Å². The normalized spacial score (nSPS) is 19.6. The highest BCUT2D eigenvalue weighted by Gasteiger charge is 2.34. The molecular formula is C17H23NO2. The van der Waals surface area contributed by atoms with Crippen LogP contribution < -0.4 is 5.73 Å². The van der Waals surface area contributed by atoms with Gasteiger partial charge < -0.3 is 10.8 Å². The smallest absolute Gasteiger partial charge is 0.337 e. The lowest BCUT2D eigenvalue weighted by Gasteiger charge is -2.37. The monoisotopic (exact) mass is 273 g/mol. The fourth-order valence-electron chi connectivity index (χ4n) is 3.15. The van der Waals surface area contributed by atoms with Gasteiger partial charge in [-0.25, -0.2) is 4.79 Å². The number of hydrogen-bond donors (Lipinski definition) is 2. The van der Waals surface area contributed by atoms with E-state index in [0.717, 1.165) is 24.8 Å². The predicted octanol–water partition coefficient (Wildman–Crippen LogP) is 3.99. The second-order valence-corrected chi connectivity index (χ2v) is 6.32. The number of carboxylic acid groups (broad SMARTS) is 1. The third kappa shape index (κ3) is 2.58. The molecule has 20 heavy (non-hydrogen) atoms. The summed E-state index contributed by atoms with van der Waals surface area (Å²) in [5.41, 5.74) is 9.01. The molecule has 1 aliphatic rings. The number of nitrogen functional groups attached to an aromatic ring is 1. The molecule has 3 heteroatoms. The van der Waals surface area contributed by atoms with Crippen LogP contribution in [-0.2, 0) is 5.41 Å². The summed E-state index contributed by atoms with van der Waals surface area (Å²) in [6.07, 6.45) is 5.58. The molecule has 3 N–H and O–H groups in total. The van der Waals surface area contributed by atoms with E-state index in [1.54, 1.807) is 12.1 Å². The molecule has 0 aromatic heterocycles. The van der Waals surface area contributed by atoms with E-state index in [1.807, 2.05) is 6.07 Å². The van der Waals surface area contributed by atoms with Gasteiger partial charge in [-0.3, -0.25) is 0 Å². The molecule has 1 aromatic rings. The average Bonchev–Trinajstić information content (AvgIpc) is 2.38. The van der Waals surface area contributed by atoms with Crippen LogP contribution in [0.3, 0.4) is 0 Å². The molecule has 2 rings (SSSR count). The number of rotatable bonds is 3. The molecule has 0 spiro atoms. The van der Waals surface area contributed by atoms with Crippen LogP contribution in [0.2, 0.25) is 0 Å². The van der Waals surface area contributed by atoms with E-state index in [1.165, 1.54) is 5.57 Å². The minimum absolute atomic E-state index is 0.118. The maximum atomic E-state index is 11.2. The molecule has 0 aliphatic heterocycles. The van der Waals surface area contributed by atoms with E-state index in [0.29, 0.717) is 11.6 Å². The molecule has 3 nitrogen and oxygen atoms in total. The second-order valence-electron chi connectivity index (χ2n) is 6.32. The minimum Gasteiger partial charge on any atom is -0.478 e. The van der Waals surface area contributed by atoms with Gasteiger partial charge >= 0.3 is 5.97 Å². The van der Waals surface area contributed by atoms with Crippen molar-refractivity contribution in [1.29, 1.82) is 0 Å². The van der Waals surface area contributed by atoms with Gasteiger partial charge in [0.15, 0.2) is 0 Å². The van der Waals surface area contributed by atoms with Crippen molar-refractivity contribution in [3.8, 4) is 0 Å². The molecule has 0 saturated heterocycles. The van der Waals surface area contributed by atoms with Crippen LogP contribution in [0.4, 0.5) is 5.69 Å². The standard InChI is InChI=1S/C17H23NO2/c1-11-7-9-12(10-8-11)17(2,3)14-6-4-5-13(15(14)18)16(19)20/h4-7,12H,8-10,18H2,1-3H3,(H,19,20). The Kier molecular flexibility index (Phi) is 3.89. The second kappa shape index (κ2) is 5.31. The Bertz CT molecular complexity index is 558. The van der Waals surface area contributed by atoms with E-state index >= 15 is 0 Å². The summed E-state index contributed by atoms with van der Waals surface area (Å²) in [5, 5.41) is 9.21. The molecule has 1 aliphatic carbocycles. The van der Waals surface area contributed by atoms with Crippen LogP contribution in [0.1, 0.15) is 56.0 Å². The molecule has 0 amide bonds. The fourth-order valence-corrected chi connectivity index (χ4v) is 3.15. The first-order valence-corrected chi connectivity index (χ1v) is 7.12. The Hall–Kier alpha value is -1.77. The Labute approximate surface area is 120 Å². The number of nitrogens with two attached hydrogens (primary N) is 1. The highest BCUT2D eigenvalue weighted by Crippen LogP contribution is 2.42. The average molecular weight is 273 g/mol. The largest absolute Gasteiger partial charge is 0.478 e. The topological polar surface area (TPSA) is 63.3 Å². The van der Waals surface area contributed by atoms with Crippen LogP contribution >= 0.6 is 0 Å². The van der Waals surface area contributed by atoms with Gasteiger partial charge in [0.05, 0.1) is 5.56 Å². The minimum atomic E-state index is -0.959. The number of anilines is 1. The molecule has 0 fully saturated rings. The summed E-state index contributed by atoms with van der Waals surface area (Å²) >= 11 is 0. The van der Waals surface area contributed by atoms with Crippen molar-refractivity contribution in [1.82, 2.24) is 0 Å². The zero-order valence-electron chi connectivity index (χ0n) is 12.4. The van der Waals surface area contributed by atoms with E-state index in [2.05, 4.69) is 26.8 Å². The third-order valence-corrected chi connectivity index (χ3v) is 4.69. The highest BCUT2D eigenvalue weighted by atomic mass is 16.4. The Morgan fingerprint density at radius 2 is 2.10 bits per heavy atom. The molecule has 0 heterocycles. The summed E-state index contributed by atoms with van der Waals surface area (Å²) < 4.78 is 0. The summed E-state index contributed by atoms with van der Waals surface area (Å²) in [7, 11) is 0. The van der Waals surface area contributed by atoms with E-state index in [9.17, 15) is 9.90 Å². The first-order valence-electron chi connectivity index (χ1n) is 7.12. The number of benzene rings is 1. The van der Waals surface area contributed by atoms with Crippen molar-refractivity contribution in [2.24, 2.45) is 5.92 Å². The van der Waals surface area contributed by atoms with E-state index in [-0.39, 0.29) is 11.0 Å². The van der Waals surface area contributed by atoms with Crippen molar-refractivity contribution in [3.63, 3.8) is 0 Å². The van der Waals surface area contributed by atoms with Crippen molar-refractivity contribution >= 4 is 11.7 Å². The number of carbonyl (C=O) groups is 1. The number of para-hydroxylation sites is 1. The number of hydrogen-bond acceptors (Lipinski definition) is 2. The Morgan fingerprint density at radius 3 is 2.65 bits per heavy atom. The Balaban J connectivity index is 2.39. The molecule has 1 aromatic carbocycles. The van der Waals surface area contributed by atoms with Gasteiger partial charge in [0.2, 0.25) is 0 Å². The van der Waals surface area contributed by atoms with Crippen LogP contribution in [0, 0.1) is 5.92 Å². The van der Waals surface area contributed by atoms with Crippen LogP contribution in [0.15, 0.2) is 29.8 Å². The van der Waals surface area contributed by atoms with Crippen molar-refractivity contribution < 1.29 is 9.90 Å². The van der Waals surface area contributed by atoms with Gasteiger partial charge in [-0.05, 0) is 49.1 Å². The lowest BCUT2D eigenvalue weighted by molar-refractivity contribution is 0.0698. The molecule has 1 unspecified atom stereocenters. The first kappa shape index (κ1) is 14.6. The maximum Gasteiger partial charge on any atom is 0.337 e. The van der Waals surface area contributed by atoms with E-state index < -0.39 is 5.97 Å². The van der Waals surface area contributed by atoms with Gasteiger partial charge in [0.1, 0.15) is 0 Å². The number of allylic oxidation sites excluding steroid dienone is 2. The van der Waals surface area contributed by atoms with Crippen LogP contribution in [0.25, 0.3) is 0 Å². The van der Waals surface area contributed by atoms with Gasteiger partial charge in [0, 0.05) is 5.69 Å². The first-order chi connectivity index (χ1) is 9.34. The molecule has 1 atom stereocenters. The Morgan fingerprint density at radius 1 is 1.40 bits per heavy atom. The van der Waals surface area contributed by atoms with E-state index in [4.69, 9.17) is 5.73 Å². The van der Waals surface area contributed by atoms with Crippen LogP contribution in [0.5, 0.6) is 0 Å². The molecule has 108 valence electrons. The zero-order chi connectivity index (χ0) is 14.9. The molecular weight excluding hydrogens is 250 g/mol. The van der Waals surface area contributed by atoms with Gasteiger partial charge in [0.25, 0.3) is 0 Å². The number of aromatic carboxylic acids is 1. The predicted molar refractivity (Wildman–Crippen MR) is 81.9 cm³/mol. The summed E-state index contributed by atoms with van der Waals surface area (Å²) in [6.45, 7) is 6.51. The fraction of sp³-hybridized carbons (Fsp3) is 0.471. The van der Waals surface area contributed by atoms with Crippen molar-refractivity contribution in [2.45, 2.75) is 45.4 Å².